The normalized spacial score (nSPS) is 11.3. The number of nitrogens with one attached hydrogen (secondary N) is 2. The van der Waals surface area contributed by atoms with Gasteiger partial charge in [0.05, 0.1) is 11.4 Å². The van der Waals surface area contributed by atoms with Crippen LogP contribution < -0.4 is 10.6 Å². The lowest BCUT2D eigenvalue weighted by Crippen LogP contribution is -2.29. The summed E-state index contributed by atoms with van der Waals surface area (Å²) in [6.45, 7) is 8.74. The fraction of sp³-hybridized carbons (Fsp3) is 0.286. The molecule has 3 aromatic rings. The summed E-state index contributed by atoms with van der Waals surface area (Å²) in [6, 6.07) is 13.4. The highest BCUT2D eigenvalue weighted by Gasteiger charge is 2.21. The molecular weight excluding hydrogens is 338 g/mol. The minimum Gasteiger partial charge on any atom is -0.334 e. The van der Waals surface area contributed by atoms with Gasteiger partial charge >= 0.3 is 6.03 Å². The van der Waals surface area contributed by atoms with Crippen molar-refractivity contribution in [1.82, 2.24) is 20.1 Å². The Morgan fingerprint density at radius 2 is 1.89 bits per heavy atom. The highest BCUT2D eigenvalue weighted by Crippen LogP contribution is 2.26. The monoisotopic (exact) mass is 363 g/mol. The summed E-state index contributed by atoms with van der Waals surface area (Å²) in [5, 5.41) is 10.5. The molecule has 140 valence electrons. The van der Waals surface area contributed by atoms with Crippen LogP contribution in [0.1, 0.15) is 37.6 Å². The van der Waals surface area contributed by atoms with Crippen LogP contribution in [0, 0.1) is 6.92 Å². The van der Waals surface area contributed by atoms with Gasteiger partial charge in [0.15, 0.2) is 0 Å². The highest BCUT2D eigenvalue weighted by molar-refractivity contribution is 5.88. The summed E-state index contributed by atoms with van der Waals surface area (Å²) in [4.78, 5) is 16.5. The van der Waals surface area contributed by atoms with Crippen LogP contribution in [0.4, 0.5) is 10.6 Å². The van der Waals surface area contributed by atoms with Crippen molar-refractivity contribution in [2.24, 2.45) is 0 Å². The van der Waals surface area contributed by atoms with Gasteiger partial charge in [-0.1, -0.05) is 44.5 Å². The van der Waals surface area contributed by atoms with E-state index in [4.69, 9.17) is 5.10 Å². The van der Waals surface area contributed by atoms with Crippen LogP contribution in [-0.2, 0) is 12.0 Å². The molecule has 3 rings (SSSR count). The SMILES string of the molecule is Cc1ccc(-n2nc(C(C)(C)C)cc2NC(=O)NCc2cccnc2)cc1. The second-order valence-electron chi connectivity index (χ2n) is 7.58. The maximum Gasteiger partial charge on any atom is 0.320 e. The summed E-state index contributed by atoms with van der Waals surface area (Å²) >= 11 is 0. The average Bonchev–Trinajstić information content (AvgIpc) is 3.06. The van der Waals surface area contributed by atoms with E-state index in [0.717, 1.165) is 16.9 Å². The van der Waals surface area contributed by atoms with E-state index in [-0.39, 0.29) is 11.4 Å². The van der Waals surface area contributed by atoms with E-state index < -0.39 is 0 Å². The van der Waals surface area contributed by atoms with Crippen molar-refractivity contribution in [2.45, 2.75) is 39.7 Å². The number of urea groups is 1. The lowest BCUT2D eigenvalue weighted by molar-refractivity contribution is 0.251. The zero-order chi connectivity index (χ0) is 19.4. The molecule has 0 saturated heterocycles. The van der Waals surface area contributed by atoms with E-state index in [9.17, 15) is 4.79 Å². The zero-order valence-electron chi connectivity index (χ0n) is 16.2. The zero-order valence-corrected chi connectivity index (χ0v) is 16.2. The summed E-state index contributed by atoms with van der Waals surface area (Å²) in [5.41, 5.74) is 3.79. The van der Waals surface area contributed by atoms with Gasteiger partial charge in [0, 0.05) is 30.4 Å². The Bertz CT molecular complexity index is 908. The second-order valence-corrected chi connectivity index (χ2v) is 7.58. The highest BCUT2D eigenvalue weighted by atomic mass is 16.2. The number of rotatable bonds is 4. The second kappa shape index (κ2) is 7.61. The van der Waals surface area contributed by atoms with Crippen LogP contribution in [0.2, 0.25) is 0 Å². The van der Waals surface area contributed by atoms with E-state index in [0.29, 0.717) is 12.4 Å². The number of nitrogens with zero attached hydrogens (tertiary/aromatic N) is 3. The van der Waals surface area contributed by atoms with Gasteiger partial charge in [-0.25, -0.2) is 9.48 Å². The van der Waals surface area contributed by atoms with Crippen molar-refractivity contribution in [2.75, 3.05) is 5.32 Å². The number of benzene rings is 1. The number of amides is 2. The molecule has 0 aliphatic rings. The Kier molecular flexibility index (Phi) is 5.26. The molecule has 0 fully saturated rings. The molecule has 0 bridgehead atoms. The van der Waals surface area contributed by atoms with Crippen LogP contribution in [0.5, 0.6) is 0 Å². The largest absolute Gasteiger partial charge is 0.334 e. The van der Waals surface area contributed by atoms with Gasteiger partial charge in [0.2, 0.25) is 0 Å². The number of pyridine rings is 1. The number of aryl methyl sites for hydroxylation is 1. The van der Waals surface area contributed by atoms with Crippen molar-refractivity contribution in [3.05, 3.63) is 71.7 Å². The maximum atomic E-state index is 12.4. The Hall–Kier alpha value is -3.15. The van der Waals surface area contributed by atoms with Crippen molar-refractivity contribution in [1.29, 1.82) is 0 Å². The molecule has 2 amide bonds. The Labute approximate surface area is 159 Å². The summed E-state index contributed by atoms with van der Waals surface area (Å²) in [5.74, 6) is 0.632. The predicted octanol–water partition coefficient (Wildman–Crippen LogP) is 4.19. The standard InChI is InChI=1S/C21H25N5O/c1-15-7-9-17(10-8-15)26-19(12-18(25-26)21(2,3)4)24-20(27)23-14-16-6-5-11-22-13-16/h5-13H,14H2,1-4H3,(H2,23,24,27). The van der Waals surface area contributed by atoms with E-state index in [1.807, 2.05) is 49.4 Å². The van der Waals surface area contributed by atoms with E-state index in [1.165, 1.54) is 5.56 Å². The third kappa shape index (κ3) is 4.73. The summed E-state index contributed by atoms with van der Waals surface area (Å²) in [7, 11) is 0. The van der Waals surface area contributed by atoms with Crippen LogP contribution in [-0.4, -0.2) is 20.8 Å². The Morgan fingerprint density at radius 1 is 1.15 bits per heavy atom. The molecule has 0 saturated carbocycles. The topological polar surface area (TPSA) is 71.8 Å². The Balaban J connectivity index is 1.81. The van der Waals surface area contributed by atoms with Gasteiger partial charge in [-0.2, -0.15) is 5.10 Å². The van der Waals surface area contributed by atoms with Crippen molar-refractivity contribution < 1.29 is 4.79 Å². The quantitative estimate of drug-likeness (QED) is 0.730. The summed E-state index contributed by atoms with van der Waals surface area (Å²) < 4.78 is 1.77. The number of aromatic nitrogens is 3. The van der Waals surface area contributed by atoms with Gasteiger partial charge in [-0.3, -0.25) is 10.3 Å². The number of anilines is 1. The van der Waals surface area contributed by atoms with Gasteiger partial charge < -0.3 is 5.32 Å². The number of hydrogen-bond acceptors (Lipinski definition) is 3. The molecule has 0 spiro atoms. The van der Waals surface area contributed by atoms with Crippen LogP contribution in [0.15, 0.2) is 54.9 Å². The molecule has 27 heavy (non-hydrogen) atoms. The van der Waals surface area contributed by atoms with E-state index in [2.05, 4.69) is 36.4 Å². The first-order valence-corrected chi connectivity index (χ1v) is 8.94. The van der Waals surface area contributed by atoms with Gasteiger partial charge in [0.1, 0.15) is 5.82 Å². The van der Waals surface area contributed by atoms with Gasteiger partial charge in [-0.15, -0.1) is 0 Å². The van der Waals surface area contributed by atoms with Crippen LogP contribution in [0.3, 0.4) is 0 Å². The molecule has 0 aliphatic heterocycles. The van der Waals surface area contributed by atoms with E-state index >= 15 is 0 Å². The molecule has 2 aromatic heterocycles. The lowest BCUT2D eigenvalue weighted by Gasteiger charge is -2.14. The smallest absolute Gasteiger partial charge is 0.320 e. The fourth-order valence-electron chi connectivity index (χ4n) is 2.56. The number of carbonyl (C=O) groups excluding carboxylic acids is 1. The minimum absolute atomic E-state index is 0.126. The molecule has 0 atom stereocenters. The third-order valence-electron chi connectivity index (χ3n) is 4.17. The maximum absolute atomic E-state index is 12.4. The molecule has 2 N–H and O–H groups in total. The molecule has 0 radical (unpaired) electrons. The van der Waals surface area contributed by atoms with Crippen molar-refractivity contribution in [3.63, 3.8) is 0 Å². The molecular formula is C21H25N5O. The molecule has 2 heterocycles. The fourth-order valence-corrected chi connectivity index (χ4v) is 2.56. The van der Waals surface area contributed by atoms with Crippen molar-refractivity contribution >= 4 is 11.8 Å². The van der Waals surface area contributed by atoms with Gasteiger partial charge in [-0.05, 0) is 30.7 Å². The summed E-state index contributed by atoms with van der Waals surface area (Å²) in [6.07, 6.45) is 3.44. The molecule has 0 unspecified atom stereocenters. The first-order valence-electron chi connectivity index (χ1n) is 8.94. The Morgan fingerprint density at radius 3 is 2.52 bits per heavy atom. The first-order chi connectivity index (χ1) is 12.8. The molecule has 6 heteroatoms. The average molecular weight is 363 g/mol. The van der Waals surface area contributed by atoms with Crippen LogP contribution in [0.25, 0.3) is 5.69 Å². The third-order valence-corrected chi connectivity index (χ3v) is 4.17. The van der Waals surface area contributed by atoms with Crippen molar-refractivity contribution in [3.8, 4) is 5.69 Å². The van der Waals surface area contributed by atoms with Crippen LogP contribution >= 0.6 is 0 Å². The van der Waals surface area contributed by atoms with Gasteiger partial charge in [0.25, 0.3) is 0 Å². The molecule has 1 aromatic carbocycles. The minimum atomic E-state index is -0.285. The first kappa shape index (κ1) is 18.6. The lowest BCUT2D eigenvalue weighted by atomic mass is 9.92. The number of hydrogen-bond donors (Lipinski definition) is 2. The predicted molar refractivity (Wildman–Crippen MR) is 107 cm³/mol. The van der Waals surface area contributed by atoms with E-state index in [1.54, 1.807) is 17.1 Å². The molecule has 0 aliphatic carbocycles. The number of carbonyl (C=O) groups is 1. The molecule has 6 nitrogen and oxygen atoms in total.